The van der Waals surface area contributed by atoms with Gasteiger partial charge in [0.15, 0.2) is 0 Å². The maximum absolute atomic E-state index is 4.66. The molecule has 0 saturated heterocycles. The third-order valence-electron chi connectivity index (χ3n) is 3.69. The largest absolute Gasteiger partial charge is 0.261 e. The zero-order valence-electron chi connectivity index (χ0n) is 11.5. The maximum atomic E-state index is 4.66. The second-order valence-electron chi connectivity index (χ2n) is 5.63. The minimum Gasteiger partial charge on any atom is -0.261 e. The molecule has 1 aliphatic carbocycles. The van der Waals surface area contributed by atoms with Gasteiger partial charge in [-0.15, -0.1) is 0 Å². The molecule has 0 aromatic rings. The standard InChI is InChI=1S/C16H23N/c1-11(2)15-9-12(3)5-7-14(15)16-8-6-13(4)10-17-16/h9-11H,5-8H2,1-4H3. The van der Waals surface area contributed by atoms with Crippen LogP contribution in [0.1, 0.15) is 53.4 Å². The minimum absolute atomic E-state index is 0.606. The van der Waals surface area contributed by atoms with Crippen LogP contribution in [-0.4, -0.2) is 5.71 Å². The molecule has 1 heteroatoms. The Morgan fingerprint density at radius 1 is 1.00 bits per heavy atom. The van der Waals surface area contributed by atoms with Crippen LogP contribution in [0.5, 0.6) is 0 Å². The molecule has 0 N–H and O–H groups in total. The van der Waals surface area contributed by atoms with E-state index in [4.69, 9.17) is 0 Å². The number of rotatable bonds is 2. The van der Waals surface area contributed by atoms with E-state index in [-0.39, 0.29) is 0 Å². The van der Waals surface area contributed by atoms with E-state index in [2.05, 4.69) is 45.0 Å². The van der Waals surface area contributed by atoms with Crippen LogP contribution < -0.4 is 0 Å². The van der Waals surface area contributed by atoms with Gasteiger partial charge in [0.1, 0.15) is 0 Å². The first-order valence-corrected chi connectivity index (χ1v) is 6.71. The fraction of sp³-hybridized carbons (Fsp3) is 0.562. The Morgan fingerprint density at radius 2 is 1.71 bits per heavy atom. The predicted octanol–water partition coefficient (Wildman–Crippen LogP) is 4.82. The van der Waals surface area contributed by atoms with E-state index in [1.165, 1.54) is 47.3 Å². The van der Waals surface area contributed by atoms with Crippen molar-refractivity contribution >= 4 is 5.71 Å². The Labute approximate surface area is 105 Å². The average Bonchev–Trinajstić information content (AvgIpc) is 2.30. The average molecular weight is 229 g/mol. The van der Waals surface area contributed by atoms with Gasteiger partial charge in [-0.25, -0.2) is 0 Å². The van der Waals surface area contributed by atoms with Crippen LogP contribution in [0.4, 0.5) is 0 Å². The minimum atomic E-state index is 0.606. The molecule has 2 rings (SSSR count). The molecule has 0 aromatic heterocycles. The lowest BCUT2D eigenvalue weighted by atomic mass is 9.83. The predicted molar refractivity (Wildman–Crippen MR) is 75.3 cm³/mol. The Hall–Kier alpha value is -1.11. The summed E-state index contributed by atoms with van der Waals surface area (Å²) in [5.41, 5.74) is 7.29. The van der Waals surface area contributed by atoms with Crippen molar-refractivity contribution in [2.24, 2.45) is 10.9 Å². The van der Waals surface area contributed by atoms with Gasteiger partial charge in [0.2, 0.25) is 0 Å². The van der Waals surface area contributed by atoms with Crippen LogP contribution in [0.15, 0.2) is 39.6 Å². The third kappa shape index (κ3) is 2.77. The summed E-state index contributed by atoms with van der Waals surface area (Å²) in [5.74, 6) is 0.606. The highest BCUT2D eigenvalue weighted by atomic mass is 14.7. The molecule has 0 radical (unpaired) electrons. The molecule has 92 valence electrons. The summed E-state index contributed by atoms with van der Waals surface area (Å²) in [5, 5.41) is 0. The van der Waals surface area contributed by atoms with Gasteiger partial charge in [0, 0.05) is 11.9 Å². The van der Waals surface area contributed by atoms with Crippen molar-refractivity contribution < 1.29 is 0 Å². The summed E-state index contributed by atoms with van der Waals surface area (Å²) >= 11 is 0. The van der Waals surface area contributed by atoms with Crippen molar-refractivity contribution in [2.45, 2.75) is 53.4 Å². The number of hydrogen-bond acceptors (Lipinski definition) is 1. The molecule has 1 aliphatic heterocycles. The lowest BCUT2D eigenvalue weighted by Crippen LogP contribution is -2.13. The van der Waals surface area contributed by atoms with Gasteiger partial charge >= 0.3 is 0 Å². The van der Waals surface area contributed by atoms with Crippen LogP contribution >= 0.6 is 0 Å². The van der Waals surface area contributed by atoms with Gasteiger partial charge in [0.05, 0.1) is 0 Å². The Kier molecular flexibility index (Phi) is 3.66. The zero-order valence-corrected chi connectivity index (χ0v) is 11.5. The van der Waals surface area contributed by atoms with Crippen molar-refractivity contribution in [3.63, 3.8) is 0 Å². The summed E-state index contributed by atoms with van der Waals surface area (Å²) in [7, 11) is 0. The molecule has 0 unspecified atom stereocenters. The van der Waals surface area contributed by atoms with E-state index >= 15 is 0 Å². The molecular weight excluding hydrogens is 206 g/mol. The highest BCUT2D eigenvalue weighted by Crippen LogP contribution is 2.31. The monoisotopic (exact) mass is 229 g/mol. The summed E-state index contributed by atoms with van der Waals surface area (Å²) in [6.45, 7) is 8.98. The number of hydrogen-bond donors (Lipinski definition) is 0. The van der Waals surface area contributed by atoms with Crippen LogP contribution in [0.3, 0.4) is 0 Å². The smallest absolute Gasteiger partial charge is 0.0441 e. The lowest BCUT2D eigenvalue weighted by molar-refractivity contribution is 0.752. The van der Waals surface area contributed by atoms with E-state index in [1.54, 1.807) is 0 Å². The molecule has 0 atom stereocenters. The van der Waals surface area contributed by atoms with Crippen LogP contribution in [0.2, 0.25) is 0 Å². The summed E-state index contributed by atoms with van der Waals surface area (Å²) in [4.78, 5) is 4.66. The maximum Gasteiger partial charge on any atom is 0.0441 e. The van der Waals surface area contributed by atoms with Crippen molar-refractivity contribution in [1.29, 1.82) is 0 Å². The van der Waals surface area contributed by atoms with E-state index in [9.17, 15) is 0 Å². The van der Waals surface area contributed by atoms with Gasteiger partial charge in [-0.1, -0.05) is 31.1 Å². The fourth-order valence-electron chi connectivity index (χ4n) is 2.58. The Morgan fingerprint density at radius 3 is 2.29 bits per heavy atom. The lowest BCUT2D eigenvalue weighted by Gasteiger charge is -2.24. The molecule has 0 aromatic carbocycles. The molecular formula is C16H23N. The van der Waals surface area contributed by atoms with Gasteiger partial charge < -0.3 is 0 Å². The second-order valence-corrected chi connectivity index (χ2v) is 5.63. The molecule has 2 aliphatic rings. The van der Waals surface area contributed by atoms with E-state index < -0.39 is 0 Å². The SMILES string of the molecule is CC1=CN=C(C2=C(C(C)C)C=C(C)CC2)CC1. The van der Waals surface area contributed by atoms with Crippen molar-refractivity contribution in [2.75, 3.05) is 0 Å². The quantitative estimate of drug-likeness (QED) is 0.644. The third-order valence-corrected chi connectivity index (χ3v) is 3.69. The first-order valence-electron chi connectivity index (χ1n) is 6.71. The Bertz CT molecular complexity index is 430. The van der Waals surface area contributed by atoms with Gasteiger partial charge in [-0.05, 0) is 56.6 Å². The molecule has 0 fully saturated rings. The zero-order chi connectivity index (χ0) is 12.4. The van der Waals surface area contributed by atoms with Gasteiger partial charge in [-0.2, -0.15) is 0 Å². The second kappa shape index (κ2) is 5.03. The Balaban J connectivity index is 2.38. The topological polar surface area (TPSA) is 12.4 Å². The molecule has 17 heavy (non-hydrogen) atoms. The molecule has 0 bridgehead atoms. The van der Waals surface area contributed by atoms with E-state index in [0.717, 1.165) is 6.42 Å². The normalized spacial score (nSPS) is 21.4. The molecule has 1 nitrogen and oxygen atoms in total. The van der Waals surface area contributed by atoms with Crippen LogP contribution in [0, 0.1) is 5.92 Å². The van der Waals surface area contributed by atoms with Crippen LogP contribution in [-0.2, 0) is 0 Å². The summed E-state index contributed by atoms with van der Waals surface area (Å²) < 4.78 is 0. The van der Waals surface area contributed by atoms with E-state index in [1.807, 2.05) is 0 Å². The number of allylic oxidation sites excluding steroid dienone is 5. The van der Waals surface area contributed by atoms with Gasteiger partial charge in [-0.3, -0.25) is 4.99 Å². The fourth-order valence-corrected chi connectivity index (χ4v) is 2.58. The van der Waals surface area contributed by atoms with Gasteiger partial charge in [0.25, 0.3) is 0 Å². The highest BCUT2D eigenvalue weighted by molar-refractivity contribution is 6.02. The molecule has 0 amide bonds. The molecule has 1 heterocycles. The van der Waals surface area contributed by atoms with Crippen molar-refractivity contribution in [3.05, 3.63) is 34.6 Å². The first-order chi connectivity index (χ1) is 8.08. The highest BCUT2D eigenvalue weighted by Gasteiger charge is 2.19. The molecule has 0 spiro atoms. The first kappa shape index (κ1) is 12.3. The summed E-state index contributed by atoms with van der Waals surface area (Å²) in [6.07, 6.45) is 9.12. The number of nitrogens with zero attached hydrogens (tertiary/aromatic N) is 1. The van der Waals surface area contributed by atoms with Crippen LogP contribution in [0.25, 0.3) is 0 Å². The number of aliphatic imine (C=N–C) groups is 1. The van der Waals surface area contributed by atoms with E-state index in [0.29, 0.717) is 5.92 Å². The summed E-state index contributed by atoms with van der Waals surface area (Å²) in [6, 6.07) is 0. The molecule has 0 saturated carbocycles. The van der Waals surface area contributed by atoms with Crippen molar-refractivity contribution in [3.8, 4) is 0 Å². The van der Waals surface area contributed by atoms with Crippen molar-refractivity contribution in [1.82, 2.24) is 0 Å².